The quantitative estimate of drug-likeness (QED) is 0.785. The second-order valence-electron chi connectivity index (χ2n) is 3.73. The minimum Gasteiger partial charge on any atom is -0.494 e. The predicted molar refractivity (Wildman–Crippen MR) is 63.1 cm³/mol. The molecule has 0 N–H and O–H groups in total. The predicted octanol–water partition coefficient (Wildman–Crippen LogP) is 2.69. The first kappa shape index (κ1) is 12.4. The Kier molecular flexibility index (Phi) is 3.50. The molecular weight excluding hydrogens is 239 g/mol. The lowest BCUT2D eigenvalue weighted by molar-refractivity contribution is -0.142. The fourth-order valence-corrected chi connectivity index (χ4v) is 1.74. The van der Waals surface area contributed by atoms with E-state index in [-0.39, 0.29) is 18.1 Å². The lowest BCUT2D eigenvalue weighted by Crippen LogP contribution is -2.06. The number of carbonyl (C=O) groups excluding carboxylic acids is 1. The number of benzene rings is 1. The Morgan fingerprint density at radius 2 is 2.22 bits per heavy atom. The van der Waals surface area contributed by atoms with Crippen molar-refractivity contribution in [2.75, 3.05) is 13.7 Å². The van der Waals surface area contributed by atoms with Gasteiger partial charge in [-0.05, 0) is 13.0 Å². The van der Waals surface area contributed by atoms with Crippen molar-refractivity contribution in [2.45, 2.75) is 13.3 Å². The monoisotopic (exact) mass is 252 g/mol. The van der Waals surface area contributed by atoms with Crippen LogP contribution in [0.5, 0.6) is 5.75 Å². The summed E-state index contributed by atoms with van der Waals surface area (Å²) >= 11 is 0. The van der Waals surface area contributed by atoms with Gasteiger partial charge in [0.25, 0.3) is 0 Å². The zero-order valence-corrected chi connectivity index (χ0v) is 10.2. The zero-order chi connectivity index (χ0) is 13.1. The number of halogens is 1. The molecule has 0 aliphatic heterocycles. The molecule has 5 heteroatoms. The van der Waals surface area contributed by atoms with E-state index in [4.69, 9.17) is 13.9 Å². The number of esters is 1. The van der Waals surface area contributed by atoms with Crippen molar-refractivity contribution in [3.05, 3.63) is 29.8 Å². The van der Waals surface area contributed by atoms with Crippen LogP contribution in [0.1, 0.15) is 12.5 Å². The van der Waals surface area contributed by atoms with Crippen LogP contribution < -0.4 is 4.74 Å². The Morgan fingerprint density at radius 1 is 1.44 bits per heavy atom. The van der Waals surface area contributed by atoms with Gasteiger partial charge in [0, 0.05) is 17.0 Å². The molecule has 1 heterocycles. The molecule has 18 heavy (non-hydrogen) atoms. The summed E-state index contributed by atoms with van der Waals surface area (Å²) in [7, 11) is 1.38. The van der Waals surface area contributed by atoms with E-state index in [1.54, 1.807) is 6.92 Å². The average molecular weight is 252 g/mol. The minimum atomic E-state index is -0.498. The fourth-order valence-electron chi connectivity index (χ4n) is 1.74. The van der Waals surface area contributed by atoms with Gasteiger partial charge in [0.05, 0.1) is 26.4 Å². The van der Waals surface area contributed by atoms with E-state index in [0.29, 0.717) is 23.1 Å². The smallest absolute Gasteiger partial charge is 0.310 e. The fraction of sp³-hybridized carbons (Fsp3) is 0.308. The molecule has 1 aromatic carbocycles. The van der Waals surface area contributed by atoms with Gasteiger partial charge in [-0.25, -0.2) is 4.39 Å². The highest BCUT2D eigenvalue weighted by molar-refractivity contribution is 5.86. The van der Waals surface area contributed by atoms with Crippen LogP contribution in [0.15, 0.2) is 22.8 Å². The van der Waals surface area contributed by atoms with Crippen LogP contribution in [0.2, 0.25) is 0 Å². The Balaban J connectivity index is 2.37. The van der Waals surface area contributed by atoms with Crippen LogP contribution >= 0.6 is 0 Å². The third-order valence-electron chi connectivity index (χ3n) is 2.57. The largest absolute Gasteiger partial charge is 0.494 e. The molecule has 0 aliphatic rings. The molecular formula is C13H13FO4. The van der Waals surface area contributed by atoms with Crippen molar-refractivity contribution in [3.8, 4) is 5.75 Å². The van der Waals surface area contributed by atoms with Gasteiger partial charge in [0.15, 0.2) is 11.6 Å². The average Bonchev–Trinajstić information content (AvgIpc) is 2.70. The Hall–Kier alpha value is -2.04. The summed E-state index contributed by atoms with van der Waals surface area (Å²) in [4.78, 5) is 11.4. The highest BCUT2D eigenvalue weighted by Crippen LogP contribution is 2.28. The number of hydrogen-bond acceptors (Lipinski definition) is 4. The topological polar surface area (TPSA) is 48.7 Å². The third-order valence-corrected chi connectivity index (χ3v) is 2.57. The first-order chi connectivity index (χ1) is 8.65. The van der Waals surface area contributed by atoms with Crippen LogP contribution in [-0.4, -0.2) is 19.7 Å². The molecule has 0 atom stereocenters. The van der Waals surface area contributed by atoms with Crippen LogP contribution in [0, 0.1) is 5.82 Å². The molecule has 0 spiro atoms. The van der Waals surface area contributed by atoms with Gasteiger partial charge in [0.2, 0.25) is 0 Å². The molecule has 96 valence electrons. The van der Waals surface area contributed by atoms with Crippen molar-refractivity contribution in [1.29, 1.82) is 0 Å². The molecule has 0 aliphatic carbocycles. The second-order valence-corrected chi connectivity index (χ2v) is 3.73. The number of fused-ring (bicyclic) bond motifs is 1. The van der Waals surface area contributed by atoms with Crippen LogP contribution in [-0.2, 0) is 16.0 Å². The van der Waals surface area contributed by atoms with Gasteiger partial charge in [-0.1, -0.05) is 0 Å². The summed E-state index contributed by atoms with van der Waals surface area (Å²) in [5.74, 6) is -0.723. The third kappa shape index (κ3) is 2.30. The van der Waals surface area contributed by atoms with Crippen LogP contribution in [0.4, 0.5) is 4.39 Å². The van der Waals surface area contributed by atoms with E-state index in [1.807, 2.05) is 0 Å². The number of ether oxygens (including phenoxy) is 2. The molecule has 0 amide bonds. The van der Waals surface area contributed by atoms with Crippen molar-refractivity contribution in [3.63, 3.8) is 0 Å². The molecule has 0 saturated carbocycles. The van der Waals surface area contributed by atoms with E-state index in [1.165, 1.54) is 25.5 Å². The summed E-state index contributed by atoms with van der Waals surface area (Å²) in [5.41, 5.74) is 1.04. The molecule has 0 saturated heterocycles. The number of hydrogen-bond donors (Lipinski definition) is 0. The number of rotatable bonds is 4. The van der Waals surface area contributed by atoms with Crippen LogP contribution in [0.25, 0.3) is 11.0 Å². The molecule has 2 aromatic rings. The van der Waals surface area contributed by atoms with Crippen molar-refractivity contribution in [1.82, 2.24) is 0 Å². The SMILES string of the molecule is CCOC(=O)Cc1coc2cc(F)c(OC)cc12. The zero-order valence-electron chi connectivity index (χ0n) is 10.2. The van der Waals surface area contributed by atoms with Gasteiger partial charge in [-0.2, -0.15) is 0 Å². The van der Waals surface area contributed by atoms with Crippen molar-refractivity contribution in [2.24, 2.45) is 0 Å². The Labute approximate surface area is 103 Å². The normalized spacial score (nSPS) is 10.6. The minimum absolute atomic E-state index is 0.0929. The standard InChI is InChI=1S/C13H13FO4/c1-3-17-13(15)4-8-7-18-11-6-10(14)12(16-2)5-9(8)11/h5-7H,3-4H2,1-2H3. The summed E-state index contributed by atoms with van der Waals surface area (Å²) in [5, 5.41) is 0.654. The first-order valence-corrected chi connectivity index (χ1v) is 5.55. The maximum atomic E-state index is 13.4. The molecule has 0 radical (unpaired) electrons. The highest BCUT2D eigenvalue weighted by atomic mass is 19.1. The van der Waals surface area contributed by atoms with E-state index in [0.717, 1.165) is 0 Å². The Morgan fingerprint density at radius 3 is 2.89 bits per heavy atom. The summed E-state index contributed by atoms with van der Waals surface area (Å²) in [6, 6.07) is 2.76. The highest BCUT2D eigenvalue weighted by Gasteiger charge is 2.14. The van der Waals surface area contributed by atoms with Gasteiger partial charge in [0.1, 0.15) is 5.58 Å². The molecule has 0 unspecified atom stereocenters. The molecule has 0 bridgehead atoms. The summed E-state index contributed by atoms with van der Waals surface area (Å²) in [6.07, 6.45) is 1.52. The molecule has 1 aromatic heterocycles. The van der Waals surface area contributed by atoms with E-state index >= 15 is 0 Å². The maximum Gasteiger partial charge on any atom is 0.310 e. The van der Waals surface area contributed by atoms with Crippen molar-refractivity contribution >= 4 is 16.9 Å². The lowest BCUT2D eigenvalue weighted by atomic mass is 10.1. The number of methoxy groups -OCH3 is 1. The molecule has 2 rings (SSSR count). The number of carbonyl (C=O) groups is 1. The van der Waals surface area contributed by atoms with Gasteiger partial charge >= 0.3 is 5.97 Å². The number of furan rings is 1. The Bertz CT molecular complexity index is 574. The van der Waals surface area contributed by atoms with E-state index in [2.05, 4.69) is 0 Å². The maximum absolute atomic E-state index is 13.4. The lowest BCUT2D eigenvalue weighted by Gasteiger charge is -2.02. The van der Waals surface area contributed by atoms with Crippen LogP contribution in [0.3, 0.4) is 0 Å². The van der Waals surface area contributed by atoms with Gasteiger partial charge in [-0.15, -0.1) is 0 Å². The van der Waals surface area contributed by atoms with Gasteiger partial charge < -0.3 is 13.9 Å². The van der Waals surface area contributed by atoms with Crippen molar-refractivity contribution < 1.29 is 23.1 Å². The summed E-state index contributed by atoms with van der Waals surface area (Å²) < 4.78 is 28.4. The summed E-state index contributed by atoms with van der Waals surface area (Å²) in [6.45, 7) is 2.07. The first-order valence-electron chi connectivity index (χ1n) is 5.55. The molecule has 0 fully saturated rings. The van der Waals surface area contributed by atoms with E-state index < -0.39 is 5.82 Å². The molecule has 4 nitrogen and oxygen atoms in total. The second kappa shape index (κ2) is 5.08. The van der Waals surface area contributed by atoms with Gasteiger partial charge in [-0.3, -0.25) is 4.79 Å². The van der Waals surface area contributed by atoms with E-state index in [9.17, 15) is 9.18 Å².